The van der Waals surface area contributed by atoms with Gasteiger partial charge in [-0.1, -0.05) is 37.1 Å². The first-order chi connectivity index (χ1) is 7.86. The maximum atomic E-state index is 6.11. The Labute approximate surface area is 98.0 Å². The molecule has 1 aromatic carbocycles. The summed E-state index contributed by atoms with van der Waals surface area (Å²) in [4.78, 5) is 0. The zero-order chi connectivity index (χ0) is 11.0. The molecule has 0 spiro atoms. The van der Waals surface area contributed by atoms with Gasteiger partial charge < -0.3 is 5.73 Å². The van der Waals surface area contributed by atoms with Crippen molar-refractivity contribution in [3.05, 3.63) is 35.4 Å². The number of benzene rings is 1. The van der Waals surface area contributed by atoms with E-state index in [2.05, 4.69) is 24.3 Å². The third kappa shape index (κ3) is 1.41. The Balaban J connectivity index is 1.97. The topological polar surface area (TPSA) is 26.0 Å². The molecule has 1 aromatic rings. The van der Waals surface area contributed by atoms with Crippen LogP contribution in [0.1, 0.15) is 49.1 Å². The Hall–Kier alpha value is -0.820. The monoisotopic (exact) mass is 215 g/mol. The predicted molar refractivity (Wildman–Crippen MR) is 67.5 cm³/mol. The summed E-state index contributed by atoms with van der Waals surface area (Å²) in [5.41, 5.74) is 9.73. The first-order valence-corrected chi connectivity index (χ1v) is 6.64. The van der Waals surface area contributed by atoms with Gasteiger partial charge >= 0.3 is 0 Å². The van der Waals surface area contributed by atoms with Gasteiger partial charge in [0, 0.05) is 0 Å². The van der Waals surface area contributed by atoms with Gasteiger partial charge in [0.2, 0.25) is 0 Å². The van der Waals surface area contributed by atoms with E-state index in [1.807, 2.05) is 0 Å². The van der Waals surface area contributed by atoms with E-state index in [0.717, 1.165) is 12.5 Å². The molecule has 0 amide bonds. The molecule has 1 atom stereocenters. The molecule has 1 unspecified atom stereocenters. The third-order valence-electron chi connectivity index (χ3n) is 4.88. The molecule has 1 nitrogen and oxygen atoms in total. The average Bonchev–Trinajstić information content (AvgIpc) is 2.96. The van der Waals surface area contributed by atoms with E-state index in [9.17, 15) is 0 Å². The number of nitrogens with two attached hydrogens (primary N) is 1. The van der Waals surface area contributed by atoms with E-state index in [0.29, 0.717) is 5.41 Å². The molecule has 1 heteroatoms. The third-order valence-corrected chi connectivity index (χ3v) is 4.88. The molecule has 2 aliphatic rings. The molecular weight excluding hydrogens is 194 g/mol. The zero-order valence-corrected chi connectivity index (χ0v) is 9.91. The smallest absolute Gasteiger partial charge is 0.00147 e. The van der Waals surface area contributed by atoms with Crippen molar-refractivity contribution in [2.45, 2.75) is 44.4 Å². The van der Waals surface area contributed by atoms with Crippen molar-refractivity contribution >= 4 is 0 Å². The Morgan fingerprint density at radius 1 is 1.19 bits per heavy atom. The summed E-state index contributed by atoms with van der Waals surface area (Å²) in [7, 11) is 0. The number of hydrogen-bond donors (Lipinski definition) is 1. The van der Waals surface area contributed by atoms with Crippen LogP contribution in [0.3, 0.4) is 0 Å². The Morgan fingerprint density at radius 2 is 1.94 bits per heavy atom. The largest absolute Gasteiger partial charge is 0.330 e. The predicted octanol–water partition coefficient (Wildman–Crippen LogP) is 3.24. The highest BCUT2D eigenvalue weighted by atomic mass is 14.6. The summed E-state index contributed by atoms with van der Waals surface area (Å²) in [5, 5.41) is 0. The Morgan fingerprint density at radius 3 is 2.69 bits per heavy atom. The molecule has 1 saturated carbocycles. The van der Waals surface area contributed by atoms with Gasteiger partial charge in [-0.2, -0.15) is 0 Å². The van der Waals surface area contributed by atoms with Crippen LogP contribution in [0.4, 0.5) is 0 Å². The van der Waals surface area contributed by atoms with Crippen molar-refractivity contribution in [3.8, 4) is 0 Å². The van der Waals surface area contributed by atoms with E-state index >= 15 is 0 Å². The number of rotatable bonds is 2. The molecular formula is C15H21N. The fourth-order valence-corrected chi connectivity index (χ4v) is 3.97. The van der Waals surface area contributed by atoms with E-state index < -0.39 is 0 Å². The van der Waals surface area contributed by atoms with Gasteiger partial charge in [-0.15, -0.1) is 0 Å². The summed E-state index contributed by atoms with van der Waals surface area (Å²) in [6.45, 7) is 0.881. The van der Waals surface area contributed by atoms with Crippen molar-refractivity contribution in [2.75, 3.05) is 6.54 Å². The van der Waals surface area contributed by atoms with Gasteiger partial charge in [0.25, 0.3) is 0 Å². The van der Waals surface area contributed by atoms with Crippen molar-refractivity contribution in [1.82, 2.24) is 0 Å². The standard InChI is InChI=1S/C15H21N/c16-11-15(9-3-4-10-15)14-8-7-12-5-1-2-6-13(12)14/h1-2,5-6,14H,3-4,7-11,16H2. The zero-order valence-electron chi connectivity index (χ0n) is 9.91. The highest BCUT2D eigenvalue weighted by Gasteiger charge is 2.43. The molecule has 3 rings (SSSR count). The lowest BCUT2D eigenvalue weighted by atomic mass is 9.71. The maximum Gasteiger partial charge on any atom is -0.00147 e. The molecule has 0 heterocycles. The quantitative estimate of drug-likeness (QED) is 0.805. The summed E-state index contributed by atoms with van der Waals surface area (Å²) in [5.74, 6) is 0.746. The van der Waals surface area contributed by atoms with Gasteiger partial charge in [0.1, 0.15) is 0 Å². The van der Waals surface area contributed by atoms with Crippen LogP contribution in [0.2, 0.25) is 0 Å². The van der Waals surface area contributed by atoms with Crippen LogP contribution in [0.5, 0.6) is 0 Å². The lowest BCUT2D eigenvalue weighted by Crippen LogP contribution is -2.33. The van der Waals surface area contributed by atoms with Crippen LogP contribution in [0.25, 0.3) is 0 Å². The second-order valence-electron chi connectivity index (χ2n) is 5.56. The summed E-state index contributed by atoms with van der Waals surface area (Å²) in [6.07, 6.45) is 8.07. The second kappa shape index (κ2) is 3.89. The molecule has 1 fully saturated rings. The first-order valence-electron chi connectivity index (χ1n) is 6.64. The lowest BCUT2D eigenvalue weighted by Gasteiger charge is -2.35. The highest BCUT2D eigenvalue weighted by molar-refractivity contribution is 5.36. The van der Waals surface area contributed by atoms with Gasteiger partial charge in [-0.05, 0) is 54.7 Å². The number of fused-ring (bicyclic) bond motifs is 1. The summed E-state index contributed by atoms with van der Waals surface area (Å²) >= 11 is 0. The van der Waals surface area contributed by atoms with Crippen molar-refractivity contribution < 1.29 is 0 Å². The molecule has 0 bridgehead atoms. The molecule has 2 N–H and O–H groups in total. The second-order valence-corrected chi connectivity index (χ2v) is 5.56. The van der Waals surface area contributed by atoms with E-state index in [1.165, 1.54) is 38.5 Å². The van der Waals surface area contributed by atoms with E-state index in [4.69, 9.17) is 5.73 Å². The number of hydrogen-bond acceptors (Lipinski definition) is 1. The molecule has 0 saturated heterocycles. The molecule has 0 aliphatic heterocycles. The molecule has 86 valence electrons. The summed E-state index contributed by atoms with van der Waals surface area (Å²) < 4.78 is 0. The van der Waals surface area contributed by atoms with Crippen molar-refractivity contribution in [3.63, 3.8) is 0 Å². The van der Waals surface area contributed by atoms with Gasteiger partial charge in [-0.3, -0.25) is 0 Å². The van der Waals surface area contributed by atoms with Gasteiger partial charge in [-0.25, -0.2) is 0 Å². The van der Waals surface area contributed by atoms with Crippen LogP contribution >= 0.6 is 0 Å². The Bertz CT molecular complexity index is 377. The van der Waals surface area contributed by atoms with Crippen LogP contribution in [0, 0.1) is 5.41 Å². The SMILES string of the molecule is NCC1(C2CCc3ccccc32)CCCC1. The highest BCUT2D eigenvalue weighted by Crippen LogP contribution is 2.53. The van der Waals surface area contributed by atoms with Crippen LogP contribution in [-0.4, -0.2) is 6.54 Å². The van der Waals surface area contributed by atoms with Gasteiger partial charge in [0.05, 0.1) is 0 Å². The molecule has 0 radical (unpaired) electrons. The van der Waals surface area contributed by atoms with Crippen molar-refractivity contribution in [1.29, 1.82) is 0 Å². The Kier molecular flexibility index (Phi) is 2.51. The fraction of sp³-hybridized carbons (Fsp3) is 0.600. The van der Waals surface area contributed by atoms with Crippen molar-refractivity contribution in [2.24, 2.45) is 11.1 Å². The summed E-state index contributed by atoms with van der Waals surface area (Å²) in [6, 6.07) is 9.00. The van der Waals surface area contributed by atoms with E-state index in [-0.39, 0.29) is 0 Å². The van der Waals surface area contributed by atoms with E-state index in [1.54, 1.807) is 11.1 Å². The minimum Gasteiger partial charge on any atom is -0.330 e. The normalized spacial score (nSPS) is 26.9. The number of aryl methyl sites for hydroxylation is 1. The lowest BCUT2D eigenvalue weighted by molar-refractivity contribution is 0.238. The van der Waals surface area contributed by atoms with Crippen LogP contribution < -0.4 is 5.73 Å². The van der Waals surface area contributed by atoms with Gasteiger partial charge in [0.15, 0.2) is 0 Å². The molecule has 0 aromatic heterocycles. The average molecular weight is 215 g/mol. The minimum atomic E-state index is 0.437. The molecule has 16 heavy (non-hydrogen) atoms. The fourth-order valence-electron chi connectivity index (χ4n) is 3.97. The molecule has 2 aliphatic carbocycles. The maximum absolute atomic E-state index is 6.11. The minimum absolute atomic E-state index is 0.437. The first kappa shape index (κ1) is 10.3. The van der Waals surface area contributed by atoms with Crippen LogP contribution in [-0.2, 0) is 6.42 Å². The van der Waals surface area contributed by atoms with Crippen LogP contribution in [0.15, 0.2) is 24.3 Å².